The number of ether oxygens (including phenoxy) is 2. The molecule has 3 rings (SSSR count). The molecule has 1 aromatic heterocycles. The smallest absolute Gasteiger partial charge is 0.241 e. The highest BCUT2D eigenvalue weighted by Gasteiger charge is 2.23. The second-order valence-corrected chi connectivity index (χ2v) is 5.86. The number of carbonyl (C=O) groups is 1. The molecule has 1 aliphatic heterocycles. The lowest BCUT2D eigenvalue weighted by atomic mass is 10.0. The van der Waals surface area contributed by atoms with Crippen molar-refractivity contribution in [2.45, 2.75) is 33.4 Å². The standard InChI is InChI=1S/C18H23N3O3/c1-3-23-8-4-7-19-17(22)11-21-18-14(10-20-21)12-24-16-6-5-13(2)9-15(16)18/h5-6,9-10H,3-4,7-8,11-12H2,1-2H3,(H,19,22). The third kappa shape index (κ3) is 3.59. The molecule has 24 heavy (non-hydrogen) atoms. The number of nitrogens with one attached hydrogen (secondary N) is 1. The number of benzene rings is 1. The van der Waals surface area contributed by atoms with Crippen LogP contribution < -0.4 is 10.1 Å². The number of amides is 1. The molecule has 0 fully saturated rings. The predicted octanol–water partition coefficient (Wildman–Crippen LogP) is 2.29. The van der Waals surface area contributed by atoms with E-state index in [2.05, 4.69) is 16.5 Å². The number of nitrogens with zero attached hydrogens (tertiary/aromatic N) is 2. The summed E-state index contributed by atoms with van der Waals surface area (Å²) in [5.74, 6) is 0.796. The Morgan fingerprint density at radius 2 is 2.33 bits per heavy atom. The lowest BCUT2D eigenvalue weighted by Crippen LogP contribution is -2.29. The quantitative estimate of drug-likeness (QED) is 0.792. The fourth-order valence-corrected chi connectivity index (χ4v) is 2.81. The molecule has 0 unspecified atom stereocenters. The third-order valence-corrected chi connectivity index (χ3v) is 3.97. The van der Waals surface area contributed by atoms with Crippen LogP contribution in [0.15, 0.2) is 24.4 Å². The topological polar surface area (TPSA) is 65.4 Å². The highest BCUT2D eigenvalue weighted by Crippen LogP contribution is 2.37. The van der Waals surface area contributed by atoms with Gasteiger partial charge in [0.15, 0.2) is 0 Å². The van der Waals surface area contributed by atoms with Crippen LogP contribution in [0.2, 0.25) is 0 Å². The van der Waals surface area contributed by atoms with Gasteiger partial charge in [-0.15, -0.1) is 0 Å². The summed E-state index contributed by atoms with van der Waals surface area (Å²) in [6, 6.07) is 6.07. The zero-order valence-corrected chi connectivity index (χ0v) is 14.2. The second-order valence-electron chi connectivity index (χ2n) is 5.86. The summed E-state index contributed by atoms with van der Waals surface area (Å²) in [4.78, 5) is 12.2. The molecule has 6 heteroatoms. The minimum absolute atomic E-state index is 0.0434. The Balaban J connectivity index is 1.69. The monoisotopic (exact) mass is 329 g/mol. The minimum atomic E-state index is -0.0434. The highest BCUT2D eigenvalue weighted by molar-refractivity contribution is 5.78. The molecule has 0 spiro atoms. The van der Waals surface area contributed by atoms with Gasteiger partial charge in [-0.1, -0.05) is 11.6 Å². The number of hydrogen-bond donors (Lipinski definition) is 1. The predicted molar refractivity (Wildman–Crippen MR) is 90.9 cm³/mol. The lowest BCUT2D eigenvalue weighted by molar-refractivity contribution is -0.121. The summed E-state index contributed by atoms with van der Waals surface area (Å²) in [7, 11) is 0. The van der Waals surface area contributed by atoms with Gasteiger partial charge in [0.2, 0.25) is 5.91 Å². The van der Waals surface area contributed by atoms with E-state index < -0.39 is 0 Å². The number of fused-ring (bicyclic) bond motifs is 3. The maximum atomic E-state index is 12.2. The van der Waals surface area contributed by atoms with E-state index in [4.69, 9.17) is 9.47 Å². The van der Waals surface area contributed by atoms with Crippen molar-refractivity contribution in [2.75, 3.05) is 19.8 Å². The molecule has 1 aromatic carbocycles. The van der Waals surface area contributed by atoms with Crippen LogP contribution in [0.25, 0.3) is 11.3 Å². The molecule has 1 N–H and O–H groups in total. The molecule has 128 valence electrons. The van der Waals surface area contributed by atoms with Crippen LogP contribution in [0.4, 0.5) is 0 Å². The Morgan fingerprint density at radius 1 is 1.46 bits per heavy atom. The van der Waals surface area contributed by atoms with Gasteiger partial charge in [-0.2, -0.15) is 5.10 Å². The Hall–Kier alpha value is -2.34. The summed E-state index contributed by atoms with van der Waals surface area (Å²) in [6.07, 6.45) is 2.59. The van der Waals surface area contributed by atoms with Crippen LogP contribution in [0.1, 0.15) is 24.5 Å². The fraction of sp³-hybridized carbons (Fsp3) is 0.444. The number of carbonyl (C=O) groups excluding carboxylic acids is 1. The number of rotatable bonds is 7. The van der Waals surface area contributed by atoms with E-state index in [1.54, 1.807) is 10.9 Å². The van der Waals surface area contributed by atoms with Crippen molar-refractivity contribution in [3.05, 3.63) is 35.5 Å². The third-order valence-electron chi connectivity index (χ3n) is 3.97. The maximum absolute atomic E-state index is 12.2. The molecule has 0 aliphatic carbocycles. The summed E-state index contributed by atoms with van der Waals surface area (Å²) >= 11 is 0. The normalized spacial score (nSPS) is 12.2. The van der Waals surface area contributed by atoms with Gasteiger partial charge in [0, 0.05) is 30.9 Å². The van der Waals surface area contributed by atoms with E-state index in [1.165, 1.54) is 0 Å². The molecule has 0 radical (unpaired) electrons. The minimum Gasteiger partial charge on any atom is -0.488 e. The Morgan fingerprint density at radius 3 is 3.17 bits per heavy atom. The van der Waals surface area contributed by atoms with Gasteiger partial charge in [0.1, 0.15) is 18.9 Å². The first-order chi connectivity index (χ1) is 11.7. The fourth-order valence-electron chi connectivity index (χ4n) is 2.81. The summed E-state index contributed by atoms with van der Waals surface area (Å²) in [6.45, 7) is 6.68. The molecule has 2 aromatic rings. The van der Waals surface area contributed by atoms with Crippen molar-refractivity contribution in [3.63, 3.8) is 0 Å². The molecule has 6 nitrogen and oxygen atoms in total. The van der Waals surface area contributed by atoms with Crippen molar-refractivity contribution >= 4 is 5.91 Å². The van der Waals surface area contributed by atoms with Gasteiger partial charge in [-0.3, -0.25) is 9.48 Å². The lowest BCUT2D eigenvalue weighted by Gasteiger charge is -2.19. The van der Waals surface area contributed by atoms with Crippen molar-refractivity contribution in [1.82, 2.24) is 15.1 Å². The molecule has 2 heterocycles. The van der Waals surface area contributed by atoms with Crippen LogP contribution in [0.5, 0.6) is 5.75 Å². The number of aryl methyl sites for hydroxylation is 1. The van der Waals surface area contributed by atoms with E-state index in [0.29, 0.717) is 26.4 Å². The van der Waals surface area contributed by atoms with Gasteiger partial charge in [0.05, 0.1) is 11.9 Å². The van der Waals surface area contributed by atoms with E-state index in [1.807, 2.05) is 26.0 Å². The van der Waals surface area contributed by atoms with Gasteiger partial charge in [-0.05, 0) is 32.4 Å². The highest BCUT2D eigenvalue weighted by atomic mass is 16.5. The van der Waals surface area contributed by atoms with Gasteiger partial charge in [-0.25, -0.2) is 0 Å². The molecule has 0 saturated carbocycles. The molecule has 0 atom stereocenters. The van der Waals surface area contributed by atoms with E-state index in [9.17, 15) is 4.79 Å². The van der Waals surface area contributed by atoms with Crippen LogP contribution in [-0.2, 0) is 22.7 Å². The molecule has 0 bridgehead atoms. The largest absolute Gasteiger partial charge is 0.488 e. The first-order valence-electron chi connectivity index (χ1n) is 8.32. The van der Waals surface area contributed by atoms with Gasteiger partial charge < -0.3 is 14.8 Å². The van der Waals surface area contributed by atoms with Crippen LogP contribution >= 0.6 is 0 Å². The van der Waals surface area contributed by atoms with E-state index in [-0.39, 0.29) is 12.5 Å². The summed E-state index contributed by atoms with van der Waals surface area (Å²) < 4.78 is 12.8. The number of aromatic nitrogens is 2. The van der Waals surface area contributed by atoms with Crippen molar-refractivity contribution in [3.8, 4) is 17.0 Å². The van der Waals surface area contributed by atoms with Crippen molar-refractivity contribution in [2.24, 2.45) is 0 Å². The van der Waals surface area contributed by atoms with Gasteiger partial charge in [0.25, 0.3) is 0 Å². The maximum Gasteiger partial charge on any atom is 0.241 e. The van der Waals surface area contributed by atoms with Crippen molar-refractivity contribution in [1.29, 1.82) is 0 Å². The van der Waals surface area contributed by atoms with Crippen LogP contribution in [0, 0.1) is 6.92 Å². The zero-order chi connectivity index (χ0) is 16.9. The summed E-state index contributed by atoms with van der Waals surface area (Å²) in [5, 5.41) is 7.29. The van der Waals surface area contributed by atoms with E-state index in [0.717, 1.165) is 34.6 Å². The number of hydrogen-bond acceptors (Lipinski definition) is 4. The second kappa shape index (κ2) is 7.49. The SMILES string of the molecule is CCOCCCNC(=O)Cn1ncc2c1-c1cc(C)ccc1OC2. The first-order valence-corrected chi connectivity index (χ1v) is 8.32. The molecule has 1 amide bonds. The van der Waals surface area contributed by atoms with E-state index >= 15 is 0 Å². The molecule has 1 aliphatic rings. The van der Waals surface area contributed by atoms with Crippen molar-refractivity contribution < 1.29 is 14.3 Å². The average molecular weight is 329 g/mol. The summed E-state index contributed by atoms with van der Waals surface area (Å²) in [5.41, 5.74) is 4.14. The molecule has 0 saturated heterocycles. The Labute approximate surface area is 141 Å². The Bertz CT molecular complexity index is 724. The molecular weight excluding hydrogens is 306 g/mol. The molecular formula is C18H23N3O3. The van der Waals surface area contributed by atoms with Gasteiger partial charge >= 0.3 is 0 Å². The average Bonchev–Trinajstić information content (AvgIpc) is 2.98. The first kappa shape index (κ1) is 16.5. The zero-order valence-electron chi connectivity index (χ0n) is 14.2. The van der Waals surface area contributed by atoms with Crippen LogP contribution in [-0.4, -0.2) is 35.4 Å². The Kier molecular flexibility index (Phi) is 5.15. The van der Waals surface area contributed by atoms with Crippen LogP contribution in [0.3, 0.4) is 0 Å².